The maximum absolute atomic E-state index is 10.9. The molecule has 4 aromatic heterocycles. The fourth-order valence-corrected chi connectivity index (χ4v) is 8.88. The van der Waals surface area contributed by atoms with E-state index in [4.69, 9.17) is 30.1 Å². The van der Waals surface area contributed by atoms with E-state index in [-0.39, 0.29) is 38.8 Å². The Morgan fingerprint density at radius 2 is 1.31 bits per heavy atom. The van der Waals surface area contributed by atoms with Gasteiger partial charge >= 0.3 is 0 Å². The van der Waals surface area contributed by atoms with Crippen molar-refractivity contribution in [3.63, 3.8) is 0 Å². The van der Waals surface area contributed by atoms with Crippen LogP contribution in [0.4, 0.5) is 11.6 Å². The van der Waals surface area contributed by atoms with Gasteiger partial charge in [-0.25, -0.2) is 19.0 Å². The Balaban J connectivity index is 0.000000315. The van der Waals surface area contributed by atoms with Crippen molar-refractivity contribution in [1.29, 1.82) is 5.26 Å². The third-order valence-corrected chi connectivity index (χ3v) is 11.2. The molecule has 22 heteroatoms. The summed E-state index contributed by atoms with van der Waals surface area (Å²) in [5, 5.41) is 78.6. The second kappa shape index (κ2) is 18.6. The van der Waals surface area contributed by atoms with Crippen LogP contribution in [0.15, 0.2) is 41.6 Å². The van der Waals surface area contributed by atoms with Crippen molar-refractivity contribution in [2.24, 2.45) is 4.66 Å². The fourth-order valence-electron chi connectivity index (χ4n) is 6.86. The number of nitrogens with zero attached hydrogens (tertiary/aromatic N) is 8. The molecular weight excluding hydrogens is 801 g/mol. The maximum Gasteiger partial charge on any atom is 0.245 e. The second-order valence-electron chi connectivity index (χ2n) is 16.0. The van der Waals surface area contributed by atoms with Crippen molar-refractivity contribution in [3.8, 4) is 6.07 Å². The minimum Gasteiger partial charge on any atom is -0.535 e. The number of nitrogens with two attached hydrogens (primary N) is 2. The molecule has 6 rings (SSSR count). The Hall–Kier alpha value is -4.13. The lowest BCUT2D eigenvalue weighted by Crippen LogP contribution is -2.54. The van der Waals surface area contributed by atoms with E-state index >= 15 is 0 Å². The van der Waals surface area contributed by atoms with E-state index in [1.165, 1.54) is 41.6 Å². The maximum atomic E-state index is 10.9. The first-order valence-electron chi connectivity index (χ1n) is 18.2. The summed E-state index contributed by atoms with van der Waals surface area (Å²) in [6, 6.07) is 8.32. The lowest BCUT2D eigenvalue weighted by Gasteiger charge is -2.38. The summed E-state index contributed by atoms with van der Waals surface area (Å²) < 4.78 is 30.1. The molecule has 0 radical (unpaired) electrons. The number of nitriles is 1. The van der Waals surface area contributed by atoms with Crippen molar-refractivity contribution in [2.75, 3.05) is 31.3 Å². The van der Waals surface area contributed by atoms with Crippen molar-refractivity contribution >= 4 is 45.1 Å². The molecule has 2 fully saturated rings. The first kappa shape index (κ1) is 51.0. The Morgan fingerprint density at radius 1 is 0.847 bits per heavy atom. The van der Waals surface area contributed by atoms with E-state index in [0.29, 0.717) is 16.7 Å². The van der Waals surface area contributed by atoms with Gasteiger partial charge in [-0.05, 0) is 84.3 Å². The van der Waals surface area contributed by atoms with Crippen LogP contribution >= 0.6 is 0 Å². The number of aliphatic hydroxyl groups is 6. The Kier molecular flexibility index (Phi) is 16.1. The highest BCUT2D eigenvalue weighted by atomic mass is 28.4. The molecule has 0 spiro atoms. The SMILES string of the molecule is C.C.CC(=N[Si](C)(C)C)O[Si](C)(C)C.CCOC1(c2ccc3c(N)ncnn23)O[C@H](CO)[C@@H](O)[C@@]1(C)O.C[C@@]1(O)[C@H](O)[C@@H](CO)OC1(C#N)c1ccc2c(N)ncnn12. The Morgan fingerprint density at radius 3 is 1.71 bits per heavy atom. The van der Waals surface area contributed by atoms with Gasteiger partial charge in [-0.3, -0.25) is 4.66 Å². The summed E-state index contributed by atoms with van der Waals surface area (Å²) in [5.74, 6) is -0.365. The predicted octanol–water partition coefficient (Wildman–Crippen LogP) is 1.90. The molecule has 0 amide bonds. The minimum atomic E-state index is -1.96. The number of nitrogen functional groups attached to an aromatic ring is 2. The molecule has 4 aromatic rings. The lowest BCUT2D eigenvalue weighted by atomic mass is 9.80. The van der Waals surface area contributed by atoms with Gasteiger partial charge in [0.15, 0.2) is 31.4 Å². The van der Waals surface area contributed by atoms with Crippen molar-refractivity contribution in [1.82, 2.24) is 29.2 Å². The average Bonchev–Trinajstić information content (AvgIpc) is 3.84. The number of hydrogen-bond donors (Lipinski definition) is 8. The first-order valence-corrected chi connectivity index (χ1v) is 25.1. The number of fused-ring (bicyclic) bond motifs is 2. The van der Waals surface area contributed by atoms with Gasteiger partial charge in [-0.2, -0.15) is 15.5 Å². The minimum absolute atomic E-state index is 0. The van der Waals surface area contributed by atoms with E-state index in [1.807, 2.05) is 13.0 Å². The molecule has 0 aromatic carbocycles. The van der Waals surface area contributed by atoms with E-state index in [1.54, 1.807) is 25.1 Å². The summed E-state index contributed by atoms with van der Waals surface area (Å²) in [5.41, 5.74) is 7.40. The second-order valence-corrected chi connectivity index (χ2v) is 25.0. The zero-order valence-corrected chi connectivity index (χ0v) is 35.9. The van der Waals surface area contributed by atoms with E-state index < -0.39 is 76.8 Å². The van der Waals surface area contributed by atoms with Crippen LogP contribution in [-0.4, -0.2) is 138 Å². The average molecular weight is 865 g/mol. The third-order valence-electron chi connectivity index (χ3n) is 9.35. The highest BCUT2D eigenvalue weighted by Gasteiger charge is 2.66. The summed E-state index contributed by atoms with van der Waals surface area (Å²) in [6.07, 6.45) is -2.40. The van der Waals surface area contributed by atoms with Crippen LogP contribution in [0, 0.1) is 11.3 Å². The molecule has 20 nitrogen and oxygen atoms in total. The number of anilines is 2. The number of hydrogen-bond acceptors (Lipinski definition) is 18. The fraction of sp³-hybridized carbons (Fsp3) is 0.622. The molecule has 330 valence electrons. The quantitative estimate of drug-likeness (QED) is 0.0712. The standard InChI is InChI=1S/C14H20N4O5.C13H15N5O4.C8H21NOSi2.2CH4/c1-3-22-14(13(2,21)11(20)9(6-19)23-14)10-5-4-8-12(15)16-7-17-18(8)10;1-12(21)10(20)8(4-19)22-13(12,5-14)9-3-2-7-11(15)16-6-17-18(7)9;1-8(9-11(2,3)4)10-12(5,6)7;;/h4-5,7,9,11,19-21H,3,6H2,1-2H3,(H2,15,16,17);2-3,6,8,10,19-21H,4H2,1H3,(H2,15,16,17);1-7H3;2*1H4/t9-,11-,13-,14?;8-,10-,12-,13?;;;/m11.../s1. The highest BCUT2D eigenvalue weighted by Crippen LogP contribution is 2.49. The van der Waals surface area contributed by atoms with Gasteiger partial charge < -0.3 is 60.7 Å². The normalized spacial score (nSPS) is 29.4. The highest BCUT2D eigenvalue weighted by molar-refractivity contribution is 6.76. The largest absolute Gasteiger partial charge is 0.535 e. The van der Waals surface area contributed by atoms with Crippen LogP contribution in [0.3, 0.4) is 0 Å². The predicted molar refractivity (Wildman–Crippen MR) is 227 cm³/mol. The summed E-state index contributed by atoms with van der Waals surface area (Å²) in [6.45, 7) is 18.7. The first-order chi connectivity index (χ1) is 26.4. The number of ether oxygens (including phenoxy) is 3. The monoisotopic (exact) mass is 864 g/mol. The van der Waals surface area contributed by atoms with Gasteiger partial charge in [0.05, 0.1) is 18.9 Å². The third kappa shape index (κ3) is 9.60. The summed E-state index contributed by atoms with van der Waals surface area (Å²) >= 11 is 0. The molecule has 6 heterocycles. The zero-order valence-electron chi connectivity index (χ0n) is 33.9. The van der Waals surface area contributed by atoms with Gasteiger partial charge in [0, 0.05) is 13.5 Å². The van der Waals surface area contributed by atoms with Crippen LogP contribution < -0.4 is 11.5 Å². The van der Waals surface area contributed by atoms with E-state index in [9.17, 15) is 35.9 Å². The Labute approximate surface area is 347 Å². The van der Waals surface area contributed by atoms with Crippen molar-refractivity contribution in [2.45, 2.75) is 129 Å². The zero-order chi connectivity index (χ0) is 42.9. The molecule has 2 saturated heterocycles. The van der Waals surface area contributed by atoms with Crippen LogP contribution in [0.2, 0.25) is 39.3 Å². The molecule has 2 unspecified atom stereocenters. The molecule has 2 aliphatic heterocycles. The van der Waals surface area contributed by atoms with E-state index in [2.05, 4.69) is 64.1 Å². The lowest BCUT2D eigenvalue weighted by molar-refractivity contribution is -0.300. The molecule has 2 aliphatic rings. The van der Waals surface area contributed by atoms with Gasteiger partial charge in [0.2, 0.25) is 19.7 Å². The molecule has 0 bridgehead atoms. The molecule has 0 saturated carbocycles. The van der Waals surface area contributed by atoms with Crippen LogP contribution in [0.5, 0.6) is 0 Å². The van der Waals surface area contributed by atoms with Crippen molar-refractivity contribution < 1.29 is 49.3 Å². The van der Waals surface area contributed by atoms with Crippen LogP contribution in [0.1, 0.15) is 53.9 Å². The summed E-state index contributed by atoms with van der Waals surface area (Å²) in [4.78, 5) is 7.76. The van der Waals surface area contributed by atoms with Crippen LogP contribution in [0.25, 0.3) is 11.0 Å². The molecular formula is C37H64N10O10Si2. The molecule has 8 atom stereocenters. The van der Waals surface area contributed by atoms with E-state index in [0.717, 1.165) is 5.90 Å². The molecule has 0 aliphatic carbocycles. The number of aliphatic hydroxyl groups excluding tert-OH is 4. The van der Waals surface area contributed by atoms with Gasteiger partial charge in [0.1, 0.15) is 65.5 Å². The van der Waals surface area contributed by atoms with Gasteiger partial charge in [-0.1, -0.05) is 14.9 Å². The molecule has 59 heavy (non-hydrogen) atoms. The topological polar surface area (TPSA) is 307 Å². The molecule has 10 N–H and O–H groups in total. The smallest absolute Gasteiger partial charge is 0.245 e. The van der Waals surface area contributed by atoms with Gasteiger partial charge in [0.25, 0.3) is 0 Å². The summed E-state index contributed by atoms with van der Waals surface area (Å²) in [7, 11) is -2.76. The number of aromatic nitrogens is 6. The van der Waals surface area contributed by atoms with Crippen molar-refractivity contribution in [3.05, 3.63) is 48.3 Å². The van der Waals surface area contributed by atoms with Crippen LogP contribution in [-0.2, 0) is 30.0 Å². The van der Waals surface area contributed by atoms with Gasteiger partial charge in [-0.15, -0.1) is 0 Å². The Bertz CT molecular complexity index is 2100. The number of rotatable bonds is 8.